The number of nitrogens with zero attached hydrogens (tertiary/aromatic N) is 4. The van der Waals surface area contributed by atoms with Crippen molar-refractivity contribution in [1.82, 2.24) is 8.83 Å². The second kappa shape index (κ2) is 5.99. The van der Waals surface area contributed by atoms with E-state index in [9.17, 15) is 16.8 Å². The fourth-order valence-corrected chi connectivity index (χ4v) is 9.35. The van der Waals surface area contributed by atoms with Gasteiger partial charge < -0.3 is 0 Å². The summed E-state index contributed by atoms with van der Waals surface area (Å²) >= 11 is 0. The van der Waals surface area contributed by atoms with E-state index in [1.54, 1.807) is 60.7 Å². The van der Waals surface area contributed by atoms with Gasteiger partial charge in [-0.2, -0.15) is 35.9 Å². The molecule has 0 spiro atoms. The van der Waals surface area contributed by atoms with Crippen LogP contribution in [-0.4, -0.2) is 48.2 Å². The SMILES string of the molecule is C[C@]12CC3=NN(S(=O)(=O)c4ccccc4)[C@]4(C)CC(=NN1S(=O)(=O)c1ccccc1)[C@H]2[C@H]34. The van der Waals surface area contributed by atoms with Gasteiger partial charge in [-0.05, 0) is 38.1 Å². The van der Waals surface area contributed by atoms with Gasteiger partial charge in [-0.1, -0.05) is 36.4 Å². The zero-order valence-corrected chi connectivity index (χ0v) is 19.2. The van der Waals surface area contributed by atoms with Crippen molar-refractivity contribution in [3.63, 3.8) is 0 Å². The highest BCUT2D eigenvalue weighted by Gasteiger charge is 2.73. The summed E-state index contributed by atoms with van der Waals surface area (Å²) in [6, 6.07) is 16.6. The van der Waals surface area contributed by atoms with E-state index in [0.717, 1.165) is 11.4 Å². The molecule has 0 saturated heterocycles. The molecule has 2 aromatic rings. The first-order valence-electron chi connectivity index (χ1n) is 10.5. The van der Waals surface area contributed by atoms with Crippen LogP contribution in [0.25, 0.3) is 0 Å². The molecule has 4 aliphatic rings. The molecule has 166 valence electrons. The predicted molar refractivity (Wildman–Crippen MR) is 119 cm³/mol. The van der Waals surface area contributed by atoms with Crippen molar-refractivity contribution in [2.75, 3.05) is 0 Å². The molecule has 2 saturated carbocycles. The summed E-state index contributed by atoms with van der Waals surface area (Å²) in [5, 5.41) is 9.18. The summed E-state index contributed by atoms with van der Waals surface area (Å²) in [6.07, 6.45) is 0.690. The van der Waals surface area contributed by atoms with Crippen LogP contribution in [0.1, 0.15) is 26.7 Å². The van der Waals surface area contributed by atoms with E-state index >= 15 is 0 Å². The Morgan fingerprint density at radius 1 is 0.688 bits per heavy atom. The van der Waals surface area contributed by atoms with Crippen LogP contribution in [0.15, 0.2) is 80.7 Å². The van der Waals surface area contributed by atoms with Crippen LogP contribution >= 0.6 is 0 Å². The van der Waals surface area contributed by atoms with Gasteiger partial charge in [0.25, 0.3) is 20.0 Å². The van der Waals surface area contributed by atoms with Crippen molar-refractivity contribution >= 4 is 31.5 Å². The molecule has 2 aliphatic heterocycles. The van der Waals surface area contributed by atoms with E-state index < -0.39 is 31.1 Å². The molecule has 0 radical (unpaired) electrons. The minimum atomic E-state index is -3.84. The molecule has 2 heterocycles. The Kier molecular flexibility index (Phi) is 3.73. The molecule has 10 heteroatoms. The minimum absolute atomic E-state index is 0.194. The molecule has 2 aromatic carbocycles. The van der Waals surface area contributed by atoms with Gasteiger partial charge in [0.1, 0.15) is 0 Å². The molecular weight excluding hydrogens is 448 g/mol. The van der Waals surface area contributed by atoms with Gasteiger partial charge in [0.15, 0.2) is 0 Å². The highest BCUT2D eigenvalue weighted by molar-refractivity contribution is 7.89. The summed E-state index contributed by atoms with van der Waals surface area (Å²) in [6.45, 7) is 3.80. The van der Waals surface area contributed by atoms with Gasteiger partial charge in [0, 0.05) is 36.1 Å². The van der Waals surface area contributed by atoms with Crippen molar-refractivity contribution in [3.05, 3.63) is 60.7 Å². The Morgan fingerprint density at radius 2 is 1.03 bits per heavy atom. The normalized spacial score (nSPS) is 32.8. The Balaban J connectivity index is 1.44. The van der Waals surface area contributed by atoms with Gasteiger partial charge in [-0.15, -0.1) is 0 Å². The van der Waals surface area contributed by atoms with E-state index in [1.165, 1.54) is 8.83 Å². The van der Waals surface area contributed by atoms with Crippen LogP contribution < -0.4 is 0 Å². The van der Waals surface area contributed by atoms with Crippen molar-refractivity contribution in [1.29, 1.82) is 0 Å². The van der Waals surface area contributed by atoms with Crippen molar-refractivity contribution < 1.29 is 16.8 Å². The van der Waals surface area contributed by atoms with E-state index in [-0.39, 0.29) is 21.6 Å². The van der Waals surface area contributed by atoms with E-state index in [0.29, 0.717) is 12.8 Å². The minimum Gasteiger partial charge on any atom is -0.200 e. The fourth-order valence-electron chi connectivity index (χ4n) is 6.07. The number of sulfonamides is 2. The van der Waals surface area contributed by atoms with Crippen LogP contribution in [0, 0.1) is 11.8 Å². The highest BCUT2D eigenvalue weighted by atomic mass is 32.2. The number of benzene rings is 2. The maximum absolute atomic E-state index is 13.4. The van der Waals surface area contributed by atoms with Gasteiger partial charge in [0.05, 0.1) is 20.9 Å². The topological polar surface area (TPSA) is 99.5 Å². The molecule has 2 aliphatic carbocycles. The largest absolute Gasteiger partial charge is 0.279 e. The molecule has 0 amide bonds. The third-order valence-corrected chi connectivity index (χ3v) is 11.0. The lowest BCUT2D eigenvalue weighted by Crippen LogP contribution is -2.49. The van der Waals surface area contributed by atoms with Crippen LogP contribution in [0.4, 0.5) is 0 Å². The van der Waals surface area contributed by atoms with Gasteiger partial charge >= 0.3 is 0 Å². The Morgan fingerprint density at radius 3 is 1.38 bits per heavy atom. The molecule has 0 aromatic heterocycles. The zero-order valence-electron chi connectivity index (χ0n) is 17.6. The standard InChI is InChI=1S/C22H22N4O4S2/c1-21-13-17-20-19(21)18(23-25(21)31(27,28)15-9-5-3-6-10-15)14-22(20,2)26(24-17)32(29,30)16-11-7-4-8-12-16/h3-12,19-20H,13-14H2,1-2H3/t19-,20-,21+,22+/m0/s1. The molecule has 0 unspecified atom stereocenters. The molecule has 2 fully saturated rings. The van der Waals surface area contributed by atoms with Crippen LogP contribution in [0.5, 0.6) is 0 Å². The number of hydrazone groups is 2. The predicted octanol–water partition coefficient (Wildman–Crippen LogP) is 2.66. The van der Waals surface area contributed by atoms with Gasteiger partial charge in [0.2, 0.25) is 0 Å². The van der Waals surface area contributed by atoms with Crippen molar-refractivity contribution in [2.45, 2.75) is 47.6 Å². The lowest BCUT2D eigenvalue weighted by Gasteiger charge is -2.37. The Hall–Kier alpha value is -2.72. The molecule has 6 rings (SSSR count). The van der Waals surface area contributed by atoms with Gasteiger partial charge in [-0.3, -0.25) is 0 Å². The maximum Gasteiger partial charge on any atom is 0.279 e. The Labute approximate surface area is 187 Å². The molecule has 32 heavy (non-hydrogen) atoms. The van der Waals surface area contributed by atoms with E-state index in [4.69, 9.17) is 0 Å². The number of rotatable bonds is 4. The second-order valence-corrected chi connectivity index (χ2v) is 12.9. The average Bonchev–Trinajstić information content (AvgIpc) is 3.43. The summed E-state index contributed by atoms with van der Waals surface area (Å²) < 4.78 is 56.2. The Bertz CT molecular complexity index is 1300. The summed E-state index contributed by atoms with van der Waals surface area (Å²) in [7, 11) is -7.67. The first-order valence-corrected chi connectivity index (χ1v) is 13.3. The van der Waals surface area contributed by atoms with E-state index in [1.807, 2.05) is 13.8 Å². The maximum atomic E-state index is 13.4. The fraction of sp³-hybridized carbons (Fsp3) is 0.364. The van der Waals surface area contributed by atoms with Crippen molar-refractivity contribution in [2.24, 2.45) is 22.0 Å². The lowest BCUT2D eigenvalue weighted by molar-refractivity contribution is 0.152. The third-order valence-electron chi connectivity index (χ3n) is 7.32. The number of hydrogen-bond donors (Lipinski definition) is 0. The van der Waals surface area contributed by atoms with Crippen LogP contribution in [0.2, 0.25) is 0 Å². The highest BCUT2D eigenvalue weighted by Crippen LogP contribution is 2.62. The molecular formula is C22H22N4O4S2. The smallest absolute Gasteiger partial charge is 0.200 e. The summed E-state index contributed by atoms with van der Waals surface area (Å²) in [5.74, 6) is -0.388. The second-order valence-electron chi connectivity index (χ2n) is 9.33. The molecule has 8 nitrogen and oxygen atoms in total. The summed E-state index contributed by atoms with van der Waals surface area (Å²) in [4.78, 5) is 0.390. The lowest BCUT2D eigenvalue weighted by atomic mass is 9.83. The average molecular weight is 471 g/mol. The first-order chi connectivity index (χ1) is 15.1. The quantitative estimate of drug-likeness (QED) is 0.686. The monoisotopic (exact) mass is 470 g/mol. The van der Waals surface area contributed by atoms with Gasteiger partial charge in [-0.25, -0.2) is 0 Å². The molecule has 4 atom stereocenters. The zero-order chi connectivity index (χ0) is 22.5. The first kappa shape index (κ1) is 19.9. The van der Waals surface area contributed by atoms with E-state index in [2.05, 4.69) is 10.2 Å². The number of hydrogen-bond acceptors (Lipinski definition) is 6. The molecule has 0 N–H and O–H groups in total. The van der Waals surface area contributed by atoms with Crippen molar-refractivity contribution in [3.8, 4) is 0 Å². The van der Waals surface area contributed by atoms with Crippen LogP contribution in [-0.2, 0) is 20.0 Å². The van der Waals surface area contributed by atoms with Crippen LogP contribution in [0.3, 0.4) is 0 Å². The molecule has 0 bridgehead atoms. The summed E-state index contributed by atoms with van der Waals surface area (Å²) in [5.41, 5.74) is -0.128. The third kappa shape index (κ3) is 2.26.